The van der Waals surface area contributed by atoms with Crippen LogP contribution in [0.2, 0.25) is 0 Å². The summed E-state index contributed by atoms with van der Waals surface area (Å²) >= 11 is 0. The first-order valence-corrected chi connectivity index (χ1v) is 4.56. The van der Waals surface area contributed by atoms with Gasteiger partial charge in [0.2, 0.25) is 0 Å². The molecule has 0 heterocycles. The second-order valence-corrected chi connectivity index (χ2v) is 3.51. The van der Waals surface area contributed by atoms with Crippen LogP contribution in [0.15, 0.2) is 30.3 Å². The van der Waals surface area contributed by atoms with Gasteiger partial charge in [-0.3, -0.25) is 0 Å². The molecule has 0 saturated heterocycles. The van der Waals surface area contributed by atoms with E-state index in [1.54, 1.807) is 0 Å². The smallest absolute Gasteiger partial charge is 0.0875 e. The lowest BCUT2D eigenvalue weighted by molar-refractivity contribution is -0.0171. The Morgan fingerprint density at radius 2 is 1.85 bits per heavy atom. The maximum Gasteiger partial charge on any atom is 0.0875 e. The van der Waals surface area contributed by atoms with Crippen molar-refractivity contribution in [2.24, 2.45) is 5.73 Å². The van der Waals surface area contributed by atoms with E-state index in [0.29, 0.717) is 13.2 Å². The molecule has 2 N–H and O–H groups in total. The summed E-state index contributed by atoms with van der Waals surface area (Å²) in [4.78, 5) is 0. The van der Waals surface area contributed by atoms with Crippen LogP contribution in [0.3, 0.4) is 0 Å². The lowest BCUT2D eigenvalue weighted by Gasteiger charge is -2.25. The predicted octanol–water partition coefficient (Wildman–Crippen LogP) is 1.90. The number of nitrogens with two attached hydrogens (primary N) is 1. The number of rotatable bonds is 4. The van der Waals surface area contributed by atoms with Gasteiger partial charge in [0, 0.05) is 6.54 Å². The first kappa shape index (κ1) is 10.2. The van der Waals surface area contributed by atoms with Gasteiger partial charge in [-0.2, -0.15) is 0 Å². The van der Waals surface area contributed by atoms with E-state index in [0.717, 1.165) is 0 Å². The van der Waals surface area contributed by atoms with E-state index in [1.807, 2.05) is 18.2 Å². The molecule has 1 aromatic carbocycles. The van der Waals surface area contributed by atoms with Gasteiger partial charge in [0.15, 0.2) is 0 Å². The van der Waals surface area contributed by atoms with Crippen LogP contribution in [0.1, 0.15) is 19.4 Å². The topological polar surface area (TPSA) is 35.2 Å². The van der Waals surface area contributed by atoms with Gasteiger partial charge in [0.05, 0.1) is 12.2 Å². The molecule has 1 rings (SSSR count). The molecule has 2 heteroatoms. The van der Waals surface area contributed by atoms with Gasteiger partial charge in [0.1, 0.15) is 0 Å². The molecule has 2 nitrogen and oxygen atoms in total. The van der Waals surface area contributed by atoms with Crippen molar-refractivity contribution in [3.63, 3.8) is 0 Å². The average molecular weight is 179 g/mol. The molecule has 0 fully saturated rings. The van der Waals surface area contributed by atoms with Crippen molar-refractivity contribution in [1.29, 1.82) is 0 Å². The molecule has 0 aliphatic carbocycles. The Kier molecular flexibility index (Phi) is 3.46. The highest BCUT2D eigenvalue weighted by Gasteiger charge is 2.19. The molecule has 0 aliphatic heterocycles. The fraction of sp³-hybridized carbons (Fsp3) is 0.455. The third-order valence-electron chi connectivity index (χ3n) is 2.05. The Labute approximate surface area is 79.7 Å². The lowest BCUT2D eigenvalue weighted by Crippen LogP contribution is -2.24. The monoisotopic (exact) mass is 179 g/mol. The first-order valence-electron chi connectivity index (χ1n) is 4.56. The largest absolute Gasteiger partial charge is 0.370 e. The number of hydrogen-bond acceptors (Lipinski definition) is 2. The van der Waals surface area contributed by atoms with Crippen molar-refractivity contribution in [3.05, 3.63) is 35.9 Å². The molecular weight excluding hydrogens is 162 g/mol. The zero-order valence-electron chi connectivity index (χ0n) is 8.29. The second kappa shape index (κ2) is 4.40. The molecule has 0 aromatic heterocycles. The van der Waals surface area contributed by atoms with Crippen molar-refractivity contribution < 1.29 is 4.74 Å². The van der Waals surface area contributed by atoms with E-state index in [9.17, 15) is 0 Å². The zero-order valence-corrected chi connectivity index (χ0v) is 8.29. The summed E-state index contributed by atoms with van der Waals surface area (Å²) in [6.45, 7) is 5.27. The second-order valence-electron chi connectivity index (χ2n) is 3.51. The van der Waals surface area contributed by atoms with Crippen LogP contribution in [-0.4, -0.2) is 13.2 Å². The summed E-state index contributed by atoms with van der Waals surface area (Å²) in [6, 6.07) is 10.2. The van der Waals surface area contributed by atoms with Crippen LogP contribution in [0, 0.1) is 0 Å². The van der Waals surface area contributed by atoms with Crippen molar-refractivity contribution in [2.45, 2.75) is 19.4 Å². The van der Waals surface area contributed by atoms with Crippen LogP contribution in [-0.2, 0) is 10.3 Å². The average Bonchev–Trinajstić information content (AvgIpc) is 2.16. The summed E-state index contributed by atoms with van der Waals surface area (Å²) in [5.41, 5.74) is 6.34. The predicted molar refractivity (Wildman–Crippen MR) is 54.5 cm³/mol. The Morgan fingerprint density at radius 1 is 1.23 bits per heavy atom. The van der Waals surface area contributed by atoms with E-state index in [4.69, 9.17) is 10.5 Å². The summed E-state index contributed by atoms with van der Waals surface area (Å²) in [6.07, 6.45) is 0. The van der Waals surface area contributed by atoms with Crippen molar-refractivity contribution in [3.8, 4) is 0 Å². The van der Waals surface area contributed by atoms with Gasteiger partial charge in [-0.25, -0.2) is 0 Å². The summed E-state index contributed by atoms with van der Waals surface area (Å²) < 4.78 is 5.64. The third kappa shape index (κ3) is 2.83. The molecule has 0 saturated carbocycles. The summed E-state index contributed by atoms with van der Waals surface area (Å²) in [5.74, 6) is 0. The van der Waals surface area contributed by atoms with Crippen LogP contribution in [0.5, 0.6) is 0 Å². The van der Waals surface area contributed by atoms with E-state index in [-0.39, 0.29) is 5.60 Å². The molecule has 0 bridgehead atoms. The van der Waals surface area contributed by atoms with Gasteiger partial charge in [-0.05, 0) is 19.4 Å². The normalized spacial score (nSPS) is 11.6. The van der Waals surface area contributed by atoms with Gasteiger partial charge in [-0.15, -0.1) is 0 Å². The molecule has 0 aliphatic rings. The standard InChI is InChI=1S/C11H17NO/c1-11(2,13-9-8-12)10-6-4-3-5-7-10/h3-7H,8-9,12H2,1-2H3. The highest BCUT2D eigenvalue weighted by atomic mass is 16.5. The molecule has 0 atom stereocenters. The Bertz CT molecular complexity index is 244. The van der Waals surface area contributed by atoms with Crippen molar-refractivity contribution in [1.82, 2.24) is 0 Å². The zero-order chi connectivity index (χ0) is 9.73. The fourth-order valence-electron chi connectivity index (χ4n) is 1.24. The molecule has 0 spiro atoms. The Balaban J connectivity index is 2.69. The maximum atomic E-state index is 5.64. The highest BCUT2D eigenvalue weighted by Crippen LogP contribution is 2.23. The van der Waals surface area contributed by atoms with E-state index >= 15 is 0 Å². The van der Waals surface area contributed by atoms with Crippen LogP contribution >= 0.6 is 0 Å². The first-order chi connectivity index (χ1) is 6.17. The van der Waals surface area contributed by atoms with E-state index in [1.165, 1.54) is 5.56 Å². The molecule has 13 heavy (non-hydrogen) atoms. The minimum absolute atomic E-state index is 0.235. The number of hydrogen-bond donors (Lipinski definition) is 1. The van der Waals surface area contributed by atoms with E-state index in [2.05, 4.69) is 26.0 Å². The van der Waals surface area contributed by atoms with Crippen molar-refractivity contribution >= 4 is 0 Å². The molecule has 0 radical (unpaired) electrons. The van der Waals surface area contributed by atoms with Gasteiger partial charge in [0.25, 0.3) is 0 Å². The van der Waals surface area contributed by atoms with Crippen LogP contribution in [0.4, 0.5) is 0 Å². The van der Waals surface area contributed by atoms with Crippen molar-refractivity contribution in [2.75, 3.05) is 13.2 Å². The Morgan fingerprint density at radius 3 is 2.38 bits per heavy atom. The molecule has 1 aromatic rings. The maximum absolute atomic E-state index is 5.64. The third-order valence-corrected chi connectivity index (χ3v) is 2.05. The fourth-order valence-corrected chi connectivity index (χ4v) is 1.24. The SMILES string of the molecule is CC(C)(OCCN)c1ccccc1. The lowest BCUT2D eigenvalue weighted by atomic mass is 9.98. The highest BCUT2D eigenvalue weighted by molar-refractivity contribution is 5.20. The molecular formula is C11H17NO. The van der Waals surface area contributed by atoms with Gasteiger partial charge < -0.3 is 10.5 Å². The van der Waals surface area contributed by atoms with Gasteiger partial charge in [-0.1, -0.05) is 30.3 Å². The quantitative estimate of drug-likeness (QED) is 0.766. The number of ether oxygens (including phenoxy) is 1. The van der Waals surface area contributed by atoms with Crippen LogP contribution < -0.4 is 5.73 Å². The molecule has 0 unspecified atom stereocenters. The number of benzene rings is 1. The summed E-state index contributed by atoms with van der Waals surface area (Å²) in [5, 5.41) is 0. The van der Waals surface area contributed by atoms with E-state index < -0.39 is 0 Å². The minimum atomic E-state index is -0.235. The minimum Gasteiger partial charge on any atom is -0.370 e. The van der Waals surface area contributed by atoms with Gasteiger partial charge >= 0.3 is 0 Å². The molecule has 72 valence electrons. The van der Waals surface area contributed by atoms with Crippen LogP contribution in [0.25, 0.3) is 0 Å². The summed E-state index contributed by atoms with van der Waals surface area (Å²) in [7, 11) is 0. The molecule has 0 amide bonds. The Hall–Kier alpha value is -0.860.